The monoisotopic (exact) mass is 674 g/mol. The third kappa shape index (κ3) is 8.63. The minimum Gasteiger partial charge on any atom is -0.489 e. The fraction of sp³-hybridized carbons (Fsp3) is 0.275. The van der Waals surface area contributed by atoms with Crippen LogP contribution in [-0.4, -0.2) is 71.0 Å². The molecule has 1 aliphatic rings. The Kier molecular flexibility index (Phi) is 11.0. The number of hydrogen-bond acceptors (Lipinski definition) is 8. The fourth-order valence-electron chi connectivity index (χ4n) is 5.95. The van der Waals surface area contributed by atoms with Crippen LogP contribution in [0.2, 0.25) is 0 Å². The summed E-state index contributed by atoms with van der Waals surface area (Å²) in [6, 6.07) is 28.5. The molecule has 258 valence electrons. The number of aryl methyl sites for hydroxylation is 2. The number of anilines is 3. The third-order valence-electron chi connectivity index (χ3n) is 8.86. The Labute approximate surface area is 293 Å². The van der Waals surface area contributed by atoms with Gasteiger partial charge in [0.25, 0.3) is 5.91 Å². The molecule has 0 unspecified atom stereocenters. The second-order valence-corrected chi connectivity index (χ2v) is 12.7. The lowest BCUT2D eigenvalue weighted by Crippen LogP contribution is -2.49. The van der Waals surface area contributed by atoms with Gasteiger partial charge >= 0.3 is 0 Å². The zero-order valence-electron chi connectivity index (χ0n) is 28.9. The highest BCUT2D eigenvalue weighted by atomic mass is 19.1. The van der Waals surface area contributed by atoms with Crippen molar-refractivity contribution in [3.8, 4) is 28.5 Å². The molecule has 0 bridgehead atoms. The first-order valence-electron chi connectivity index (χ1n) is 17.0. The molecule has 2 N–H and O–H groups in total. The number of para-hydroxylation sites is 1. The number of carbonyl (C=O) groups excluding carboxylic acids is 1. The number of amides is 1. The number of halogens is 1. The fourth-order valence-corrected chi connectivity index (χ4v) is 5.95. The second-order valence-electron chi connectivity index (χ2n) is 12.7. The largest absolute Gasteiger partial charge is 0.489 e. The van der Waals surface area contributed by atoms with Crippen LogP contribution in [-0.2, 0) is 0 Å². The summed E-state index contributed by atoms with van der Waals surface area (Å²) in [5.41, 5.74) is 5.10. The van der Waals surface area contributed by atoms with Crippen molar-refractivity contribution in [3.63, 3.8) is 0 Å². The molecule has 0 saturated carbocycles. The van der Waals surface area contributed by atoms with Gasteiger partial charge in [-0.2, -0.15) is 4.98 Å². The van der Waals surface area contributed by atoms with Crippen LogP contribution in [0.5, 0.6) is 17.4 Å². The molecule has 0 spiro atoms. The number of nitrogens with zero attached hydrogens (tertiary/aromatic N) is 4. The first kappa shape index (κ1) is 34.5. The zero-order chi connectivity index (χ0) is 35.0. The van der Waals surface area contributed by atoms with Gasteiger partial charge in [0, 0.05) is 62.4 Å². The number of carbonyl (C=O) groups is 1. The van der Waals surface area contributed by atoms with Crippen molar-refractivity contribution in [1.82, 2.24) is 19.8 Å². The predicted octanol–water partition coefficient (Wildman–Crippen LogP) is 8.09. The molecule has 1 aromatic heterocycles. The topological polar surface area (TPSA) is 91.8 Å². The Bertz CT molecular complexity index is 1910. The van der Waals surface area contributed by atoms with E-state index in [4.69, 9.17) is 9.47 Å². The minimum atomic E-state index is -0.501. The number of hydrogen-bond donors (Lipinski definition) is 2. The van der Waals surface area contributed by atoms with Gasteiger partial charge in [-0.15, -0.1) is 0 Å². The molecule has 1 amide bonds. The molecular weight excluding hydrogens is 631 g/mol. The van der Waals surface area contributed by atoms with E-state index in [-0.39, 0.29) is 23.1 Å². The summed E-state index contributed by atoms with van der Waals surface area (Å²) < 4.78 is 27.2. The predicted molar refractivity (Wildman–Crippen MR) is 196 cm³/mol. The normalized spacial score (nSPS) is 13.6. The number of rotatable bonds is 12. The van der Waals surface area contributed by atoms with Gasteiger partial charge in [0.05, 0.1) is 0 Å². The van der Waals surface area contributed by atoms with E-state index in [0.717, 1.165) is 55.0 Å². The van der Waals surface area contributed by atoms with Gasteiger partial charge in [-0.1, -0.05) is 60.7 Å². The van der Waals surface area contributed by atoms with E-state index in [1.54, 1.807) is 18.2 Å². The average Bonchev–Trinajstić information content (AvgIpc) is 3.11. The van der Waals surface area contributed by atoms with E-state index >= 15 is 4.39 Å². The van der Waals surface area contributed by atoms with Crippen LogP contribution in [0.4, 0.5) is 21.7 Å². The molecular formula is C40H43FN6O3. The van der Waals surface area contributed by atoms with Gasteiger partial charge in [-0.3, -0.25) is 14.6 Å². The Morgan fingerprint density at radius 3 is 2.32 bits per heavy atom. The second kappa shape index (κ2) is 15.9. The van der Waals surface area contributed by atoms with Crippen LogP contribution in [0.3, 0.4) is 0 Å². The van der Waals surface area contributed by atoms with Crippen molar-refractivity contribution in [2.45, 2.75) is 33.7 Å². The summed E-state index contributed by atoms with van der Waals surface area (Å²) in [5.74, 6) is -0.0666. The van der Waals surface area contributed by atoms with E-state index in [2.05, 4.69) is 44.2 Å². The van der Waals surface area contributed by atoms with Gasteiger partial charge in [-0.25, -0.2) is 9.37 Å². The lowest BCUT2D eigenvalue weighted by atomic mass is 10.1. The Hall–Kier alpha value is -5.32. The highest BCUT2D eigenvalue weighted by Gasteiger charge is 2.21. The highest BCUT2D eigenvalue weighted by Crippen LogP contribution is 2.31. The summed E-state index contributed by atoms with van der Waals surface area (Å²) in [4.78, 5) is 27.4. The molecule has 0 aliphatic carbocycles. The summed E-state index contributed by atoms with van der Waals surface area (Å²) in [7, 11) is 0. The van der Waals surface area contributed by atoms with Crippen molar-refractivity contribution in [2.24, 2.45) is 0 Å². The summed E-state index contributed by atoms with van der Waals surface area (Å²) >= 11 is 0. The molecule has 4 aromatic carbocycles. The van der Waals surface area contributed by atoms with Crippen LogP contribution >= 0.6 is 0 Å². The number of ether oxygens (including phenoxy) is 2. The molecule has 10 heteroatoms. The lowest BCUT2D eigenvalue weighted by Gasteiger charge is -2.36. The zero-order valence-corrected chi connectivity index (χ0v) is 28.9. The van der Waals surface area contributed by atoms with Crippen molar-refractivity contribution < 1.29 is 18.7 Å². The third-order valence-corrected chi connectivity index (χ3v) is 8.86. The van der Waals surface area contributed by atoms with E-state index < -0.39 is 11.7 Å². The Morgan fingerprint density at radius 2 is 1.60 bits per heavy atom. The van der Waals surface area contributed by atoms with Gasteiger partial charge in [-0.05, 0) is 74.2 Å². The van der Waals surface area contributed by atoms with Gasteiger partial charge < -0.3 is 20.1 Å². The average molecular weight is 675 g/mol. The molecule has 1 saturated heterocycles. The molecule has 6 rings (SSSR count). The standard InChI is InChI=1S/C40H43FN6O3/c1-27(2)47-20-18-46(19-21-47)22-23-49-36-17-16-32(25-35(36)41)43-40-42-26-34(38(48)44-37-28(3)10-8-11-29(37)4)39(45-40)50-33-15-9-14-31(24-33)30-12-6-5-7-13-30/h5-17,24-27H,18-23H2,1-4H3,(H,44,48)(H,42,43,45). The molecule has 5 aromatic rings. The van der Waals surface area contributed by atoms with Crippen LogP contribution < -0.4 is 20.1 Å². The van der Waals surface area contributed by atoms with E-state index in [9.17, 15) is 4.79 Å². The lowest BCUT2D eigenvalue weighted by molar-refractivity contribution is 0.0965. The molecule has 9 nitrogen and oxygen atoms in total. The number of benzene rings is 4. The SMILES string of the molecule is Cc1cccc(C)c1NC(=O)c1cnc(Nc2ccc(OCCN3CCN(C(C)C)CC3)c(F)c2)nc1Oc1cccc(-c2ccccc2)c1. The maximum Gasteiger partial charge on any atom is 0.262 e. The number of piperazine rings is 1. The van der Waals surface area contributed by atoms with Crippen LogP contribution in [0, 0.1) is 19.7 Å². The molecule has 0 atom stereocenters. The highest BCUT2D eigenvalue weighted by molar-refractivity contribution is 6.06. The van der Waals surface area contributed by atoms with Crippen LogP contribution in [0.15, 0.2) is 97.2 Å². The summed E-state index contributed by atoms with van der Waals surface area (Å²) in [6.07, 6.45) is 1.41. The molecule has 50 heavy (non-hydrogen) atoms. The molecule has 1 aliphatic heterocycles. The van der Waals surface area contributed by atoms with Crippen molar-refractivity contribution in [1.29, 1.82) is 0 Å². The first-order valence-corrected chi connectivity index (χ1v) is 17.0. The van der Waals surface area contributed by atoms with Crippen LogP contribution in [0.1, 0.15) is 35.3 Å². The van der Waals surface area contributed by atoms with Gasteiger partial charge in [0.15, 0.2) is 11.6 Å². The van der Waals surface area contributed by atoms with Crippen LogP contribution in [0.25, 0.3) is 11.1 Å². The minimum absolute atomic E-state index is 0.0473. The van der Waals surface area contributed by atoms with E-state index in [0.29, 0.717) is 29.8 Å². The van der Waals surface area contributed by atoms with Gasteiger partial charge in [0.1, 0.15) is 17.9 Å². The smallest absolute Gasteiger partial charge is 0.262 e. The van der Waals surface area contributed by atoms with E-state index in [1.165, 1.54) is 12.3 Å². The first-order chi connectivity index (χ1) is 24.2. The molecule has 1 fully saturated rings. The summed E-state index contributed by atoms with van der Waals surface area (Å²) in [6.45, 7) is 13.4. The van der Waals surface area contributed by atoms with Crippen molar-refractivity contribution >= 4 is 23.2 Å². The van der Waals surface area contributed by atoms with Gasteiger partial charge in [0.2, 0.25) is 11.8 Å². The Morgan fingerprint density at radius 1 is 0.880 bits per heavy atom. The maximum atomic E-state index is 15.1. The summed E-state index contributed by atoms with van der Waals surface area (Å²) in [5, 5.41) is 6.05. The molecule has 2 heterocycles. The number of nitrogens with one attached hydrogen (secondary N) is 2. The maximum absolute atomic E-state index is 15.1. The van der Waals surface area contributed by atoms with E-state index in [1.807, 2.05) is 80.6 Å². The molecule has 0 radical (unpaired) electrons. The Balaban J connectivity index is 1.18. The number of aromatic nitrogens is 2. The quantitative estimate of drug-likeness (QED) is 0.137. The van der Waals surface area contributed by atoms with Crippen molar-refractivity contribution in [3.05, 3.63) is 120 Å². The van der Waals surface area contributed by atoms with Crippen molar-refractivity contribution in [2.75, 3.05) is 50.0 Å².